The monoisotopic (exact) mass is 290 g/mol. The largest absolute Gasteiger partial charge is 0.479 e. The minimum atomic E-state index is -1.05. The molecule has 114 valence electrons. The van der Waals surface area contributed by atoms with Gasteiger partial charge in [-0.05, 0) is 37.5 Å². The summed E-state index contributed by atoms with van der Waals surface area (Å²) in [5.74, 6) is -1.10. The van der Waals surface area contributed by atoms with Crippen LogP contribution in [0.2, 0.25) is 0 Å². The molecule has 1 aromatic carbocycles. The Balaban J connectivity index is 2.35. The normalized spacial score (nSPS) is 21.4. The van der Waals surface area contributed by atoms with E-state index in [-0.39, 0.29) is 5.91 Å². The van der Waals surface area contributed by atoms with E-state index in [1.54, 1.807) is 6.07 Å². The standard InChI is InChI=1S/C16H22N2O3/c1-4-16(15(20)21)9-6-10-18(16)14(19)12-7-5-8-13(11-12)17(2)3/h5,7-8,11H,4,6,9-10H2,1-3H3,(H,20,21). The Labute approximate surface area is 125 Å². The van der Waals surface area contributed by atoms with Gasteiger partial charge < -0.3 is 14.9 Å². The van der Waals surface area contributed by atoms with E-state index in [0.717, 1.165) is 12.1 Å². The number of carboxylic acid groups (broad SMARTS) is 1. The number of carbonyl (C=O) groups is 2. The second-order valence-electron chi connectivity index (χ2n) is 5.70. The van der Waals surface area contributed by atoms with Gasteiger partial charge in [-0.25, -0.2) is 4.79 Å². The molecule has 0 aliphatic carbocycles. The molecule has 1 fully saturated rings. The highest BCUT2D eigenvalue weighted by Crippen LogP contribution is 2.34. The number of carboxylic acids is 1. The van der Waals surface area contributed by atoms with Crippen molar-refractivity contribution in [2.24, 2.45) is 0 Å². The third-order valence-corrected chi connectivity index (χ3v) is 4.33. The van der Waals surface area contributed by atoms with Gasteiger partial charge in [-0.2, -0.15) is 0 Å². The number of anilines is 1. The molecule has 1 heterocycles. The summed E-state index contributed by atoms with van der Waals surface area (Å²) in [7, 11) is 3.82. The first-order valence-corrected chi connectivity index (χ1v) is 7.25. The SMILES string of the molecule is CCC1(C(=O)O)CCCN1C(=O)c1cccc(N(C)C)c1. The number of likely N-dealkylation sites (tertiary alicyclic amines) is 1. The molecule has 0 aromatic heterocycles. The fourth-order valence-electron chi connectivity index (χ4n) is 2.99. The zero-order chi connectivity index (χ0) is 15.6. The van der Waals surface area contributed by atoms with Crippen molar-refractivity contribution in [3.05, 3.63) is 29.8 Å². The molecule has 0 spiro atoms. The molecule has 0 bridgehead atoms. The molecule has 1 atom stereocenters. The lowest BCUT2D eigenvalue weighted by Crippen LogP contribution is -2.52. The van der Waals surface area contributed by atoms with Crippen LogP contribution in [0.5, 0.6) is 0 Å². The van der Waals surface area contributed by atoms with Crippen molar-refractivity contribution in [3.63, 3.8) is 0 Å². The molecule has 0 radical (unpaired) electrons. The van der Waals surface area contributed by atoms with E-state index in [2.05, 4.69) is 0 Å². The highest BCUT2D eigenvalue weighted by atomic mass is 16.4. The number of nitrogens with zero attached hydrogens (tertiary/aromatic N) is 2. The highest BCUT2D eigenvalue weighted by Gasteiger charge is 2.48. The van der Waals surface area contributed by atoms with Crippen LogP contribution < -0.4 is 4.90 Å². The second-order valence-corrected chi connectivity index (χ2v) is 5.70. The number of hydrogen-bond donors (Lipinski definition) is 1. The summed E-state index contributed by atoms with van der Waals surface area (Å²) < 4.78 is 0. The van der Waals surface area contributed by atoms with Crippen LogP contribution in [0.3, 0.4) is 0 Å². The molecule has 1 aliphatic heterocycles. The Kier molecular flexibility index (Phi) is 4.21. The molecule has 1 amide bonds. The van der Waals surface area contributed by atoms with Gasteiger partial charge in [-0.15, -0.1) is 0 Å². The minimum Gasteiger partial charge on any atom is -0.479 e. The lowest BCUT2D eigenvalue weighted by molar-refractivity contribution is -0.148. The predicted octanol–water partition coefficient (Wildman–Crippen LogP) is 2.22. The van der Waals surface area contributed by atoms with Gasteiger partial charge in [0.15, 0.2) is 0 Å². The zero-order valence-electron chi connectivity index (χ0n) is 12.8. The first-order valence-electron chi connectivity index (χ1n) is 7.25. The molecular formula is C16H22N2O3. The van der Waals surface area contributed by atoms with Crippen molar-refractivity contribution in [3.8, 4) is 0 Å². The molecule has 1 aliphatic rings. The molecule has 1 aromatic rings. The van der Waals surface area contributed by atoms with Crippen LogP contribution in [0.15, 0.2) is 24.3 Å². The van der Waals surface area contributed by atoms with Gasteiger partial charge in [0.1, 0.15) is 5.54 Å². The van der Waals surface area contributed by atoms with E-state index in [1.165, 1.54) is 4.90 Å². The molecule has 1 unspecified atom stereocenters. The van der Waals surface area contributed by atoms with Crippen LogP contribution in [0.1, 0.15) is 36.5 Å². The first-order chi connectivity index (χ1) is 9.92. The number of rotatable bonds is 4. The molecule has 0 saturated carbocycles. The van der Waals surface area contributed by atoms with E-state index in [9.17, 15) is 14.7 Å². The maximum Gasteiger partial charge on any atom is 0.329 e. The van der Waals surface area contributed by atoms with Gasteiger partial charge in [-0.3, -0.25) is 4.79 Å². The number of hydrogen-bond acceptors (Lipinski definition) is 3. The van der Waals surface area contributed by atoms with Gasteiger partial charge in [-0.1, -0.05) is 13.0 Å². The Morgan fingerprint density at radius 3 is 2.67 bits per heavy atom. The van der Waals surface area contributed by atoms with Gasteiger partial charge in [0.05, 0.1) is 0 Å². The highest BCUT2D eigenvalue weighted by molar-refractivity contribution is 5.99. The van der Waals surface area contributed by atoms with Gasteiger partial charge >= 0.3 is 5.97 Å². The average molecular weight is 290 g/mol. The van der Waals surface area contributed by atoms with Crippen molar-refractivity contribution in [2.75, 3.05) is 25.5 Å². The Bertz CT molecular complexity index is 556. The number of benzene rings is 1. The number of aliphatic carboxylic acids is 1. The molecular weight excluding hydrogens is 268 g/mol. The van der Waals surface area contributed by atoms with Gasteiger partial charge in [0.2, 0.25) is 0 Å². The summed E-state index contributed by atoms with van der Waals surface area (Å²) in [6, 6.07) is 7.30. The van der Waals surface area contributed by atoms with Crippen LogP contribution in [0.25, 0.3) is 0 Å². The smallest absolute Gasteiger partial charge is 0.329 e. The van der Waals surface area contributed by atoms with Crippen molar-refractivity contribution < 1.29 is 14.7 Å². The maximum atomic E-state index is 12.7. The fraction of sp³-hybridized carbons (Fsp3) is 0.500. The molecule has 21 heavy (non-hydrogen) atoms. The maximum absolute atomic E-state index is 12.7. The summed E-state index contributed by atoms with van der Waals surface area (Å²) in [6.07, 6.45) is 1.69. The summed E-state index contributed by atoms with van der Waals surface area (Å²) in [5, 5.41) is 9.57. The molecule has 5 nitrogen and oxygen atoms in total. The fourth-order valence-corrected chi connectivity index (χ4v) is 2.99. The molecule has 2 rings (SSSR count). The first kappa shape index (κ1) is 15.4. The molecule has 1 N–H and O–H groups in total. The summed E-state index contributed by atoms with van der Waals surface area (Å²) in [4.78, 5) is 27.9. The van der Waals surface area contributed by atoms with E-state index >= 15 is 0 Å². The van der Waals surface area contributed by atoms with E-state index in [0.29, 0.717) is 24.9 Å². The molecule has 1 saturated heterocycles. The summed E-state index contributed by atoms with van der Waals surface area (Å²) in [6.45, 7) is 2.33. The number of amides is 1. The lowest BCUT2D eigenvalue weighted by atomic mass is 9.92. The number of carbonyl (C=O) groups excluding carboxylic acids is 1. The molecule has 5 heteroatoms. The second kappa shape index (κ2) is 5.76. The van der Waals surface area contributed by atoms with E-state index in [4.69, 9.17) is 0 Å². The van der Waals surface area contributed by atoms with Crippen LogP contribution in [0, 0.1) is 0 Å². The third-order valence-electron chi connectivity index (χ3n) is 4.33. The Morgan fingerprint density at radius 1 is 1.38 bits per heavy atom. The predicted molar refractivity (Wildman–Crippen MR) is 81.7 cm³/mol. The van der Waals surface area contributed by atoms with Crippen LogP contribution in [-0.2, 0) is 4.79 Å². The van der Waals surface area contributed by atoms with Crippen molar-refractivity contribution in [2.45, 2.75) is 31.7 Å². The third kappa shape index (κ3) is 2.60. The van der Waals surface area contributed by atoms with Crippen molar-refractivity contribution in [1.29, 1.82) is 0 Å². The van der Waals surface area contributed by atoms with Crippen LogP contribution >= 0.6 is 0 Å². The Hall–Kier alpha value is -2.04. The summed E-state index contributed by atoms with van der Waals surface area (Å²) in [5.41, 5.74) is 0.422. The van der Waals surface area contributed by atoms with Crippen molar-refractivity contribution in [1.82, 2.24) is 4.90 Å². The lowest BCUT2D eigenvalue weighted by Gasteiger charge is -2.34. The van der Waals surface area contributed by atoms with Crippen molar-refractivity contribution >= 4 is 17.6 Å². The summed E-state index contributed by atoms with van der Waals surface area (Å²) >= 11 is 0. The van der Waals surface area contributed by atoms with Crippen LogP contribution in [0.4, 0.5) is 5.69 Å². The average Bonchev–Trinajstić information content (AvgIpc) is 2.91. The van der Waals surface area contributed by atoms with E-state index < -0.39 is 11.5 Å². The zero-order valence-corrected chi connectivity index (χ0v) is 12.8. The van der Waals surface area contributed by atoms with E-state index in [1.807, 2.05) is 44.1 Å². The van der Waals surface area contributed by atoms with Gasteiger partial charge in [0.25, 0.3) is 5.91 Å². The minimum absolute atomic E-state index is 0.194. The topological polar surface area (TPSA) is 60.9 Å². The quantitative estimate of drug-likeness (QED) is 0.923. The Morgan fingerprint density at radius 2 is 2.10 bits per heavy atom. The van der Waals surface area contributed by atoms with Gasteiger partial charge in [0, 0.05) is 31.9 Å². The van der Waals surface area contributed by atoms with Crippen LogP contribution in [-0.4, -0.2) is 48.1 Å².